The largest absolute Gasteiger partial charge is 0.479 e. The second-order valence-electron chi connectivity index (χ2n) is 20.6. The summed E-state index contributed by atoms with van der Waals surface area (Å²) in [5, 5.41) is 31.5. The number of aliphatic carboxylic acids is 1. The van der Waals surface area contributed by atoms with E-state index in [-0.39, 0.29) is 25.9 Å². The molecule has 0 amide bonds. The van der Waals surface area contributed by atoms with E-state index in [0.717, 1.165) is 96.3 Å². The van der Waals surface area contributed by atoms with Crippen molar-refractivity contribution < 1.29 is 58.2 Å². The van der Waals surface area contributed by atoms with Crippen LogP contribution in [0.15, 0.2) is 60.8 Å². The number of ether oxygens (including phenoxy) is 5. The fraction of sp³-hybridized carbons (Fsp3) is 0.778. The molecule has 1 fully saturated rings. The molecule has 1 rings (SSSR count). The van der Waals surface area contributed by atoms with Crippen LogP contribution in [0.3, 0.4) is 0 Å². The van der Waals surface area contributed by atoms with E-state index < -0.39 is 67.3 Å². The van der Waals surface area contributed by atoms with E-state index in [1.807, 2.05) is 0 Å². The minimum atomic E-state index is -1.91. The number of allylic oxidation sites excluding steroid dienone is 10. The van der Waals surface area contributed by atoms with Crippen LogP contribution in [0.25, 0.3) is 0 Å². The lowest BCUT2D eigenvalue weighted by Gasteiger charge is -2.40. The van der Waals surface area contributed by atoms with Gasteiger partial charge in [-0.1, -0.05) is 223 Å². The average molecular weight is 1060 g/mol. The molecule has 0 bridgehead atoms. The second kappa shape index (κ2) is 51.2. The summed E-state index contributed by atoms with van der Waals surface area (Å²) in [6, 6.07) is 0. The molecule has 1 heterocycles. The Hall–Kier alpha value is -3.58. The molecule has 432 valence electrons. The monoisotopic (exact) mass is 1060 g/mol. The van der Waals surface area contributed by atoms with Crippen molar-refractivity contribution >= 4 is 23.9 Å². The second-order valence-corrected chi connectivity index (χ2v) is 20.6. The molecule has 0 spiro atoms. The number of rotatable bonds is 51. The van der Waals surface area contributed by atoms with Gasteiger partial charge in [0.25, 0.3) is 0 Å². The fourth-order valence-corrected chi connectivity index (χ4v) is 8.94. The lowest BCUT2D eigenvalue weighted by molar-refractivity contribution is -0.301. The fourth-order valence-electron chi connectivity index (χ4n) is 8.94. The van der Waals surface area contributed by atoms with Gasteiger partial charge in [0, 0.05) is 19.3 Å². The van der Waals surface area contributed by atoms with Crippen molar-refractivity contribution in [3.8, 4) is 0 Å². The molecule has 0 saturated carbocycles. The molecule has 12 heteroatoms. The van der Waals surface area contributed by atoms with Gasteiger partial charge in [0.2, 0.25) is 0 Å². The molecule has 1 aliphatic heterocycles. The highest BCUT2D eigenvalue weighted by molar-refractivity contribution is 5.74. The Morgan fingerprint density at radius 1 is 0.453 bits per heavy atom. The summed E-state index contributed by atoms with van der Waals surface area (Å²) < 4.78 is 28.4. The minimum absolute atomic E-state index is 0.0589. The maximum Gasteiger partial charge on any atom is 0.335 e. The first-order valence-corrected chi connectivity index (χ1v) is 30.3. The van der Waals surface area contributed by atoms with E-state index in [4.69, 9.17) is 23.7 Å². The van der Waals surface area contributed by atoms with Crippen LogP contribution in [0.4, 0.5) is 0 Å². The third-order valence-electron chi connectivity index (χ3n) is 13.6. The lowest BCUT2D eigenvalue weighted by Crippen LogP contribution is -2.61. The van der Waals surface area contributed by atoms with Crippen molar-refractivity contribution in [3.63, 3.8) is 0 Å². The van der Waals surface area contributed by atoms with E-state index in [1.54, 1.807) is 0 Å². The highest BCUT2D eigenvalue weighted by Crippen LogP contribution is 2.26. The first-order valence-electron chi connectivity index (χ1n) is 30.3. The normalized spacial score (nSPS) is 18.5. The van der Waals surface area contributed by atoms with Crippen molar-refractivity contribution in [2.75, 3.05) is 13.2 Å². The van der Waals surface area contributed by atoms with E-state index in [2.05, 4.69) is 81.5 Å². The molecule has 0 radical (unpaired) electrons. The van der Waals surface area contributed by atoms with Gasteiger partial charge in [0.1, 0.15) is 18.8 Å². The number of aliphatic hydroxyl groups excluding tert-OH is 2. The Labute approximate surface area is 456 Å². The molecule has 0 aromatic carbocycles. The van der Waals surface area contributed by atoms with Gasteiger partial charge in [-0.25, -0.2) is 4.79 Å². The molecular formula is C63H108O12. The number of carboxylic acid groups (broad SMARTS) is 1. The van der Waals surface area contributed by atoms with Crippen molar-refractivity contribution in [3.05, 3.63) is 60.8 Å². The van der Waals surface area contributed by atoms with Crippen LogP contribution >= 0.6 is 0 Å². The molecule has 1 aliphatic rings. The van der Waals surface area contributed by atoms with Crippen molar-refractivity contribution in [1.29, 1.82) is 0 Å². The van der Waals surface area contributed by atoms with Crippen LogP contribution in [0.5, 0.6) is 0 Å². The molecule has 75 heavy (non-hydrogen) atoms. The zero-order valence-electron chi connectivity index (χ0n) is 47.5. The third kappa shape index (κ3) is 41.2. The van der Waals surface area contributed by atoms with E-state index in [0.29, 0.717) is 19.3 Å². The Balaban J connectivity index is 2.67. The van der Waals surface area contributed by atoms with E-state index >= 15 is 0 Å². The average Bonchev–Trinajstić information content (AvgIpc) is 3.39. The van der Waals surface area contributed by atoms with Gasteiger partial charge in [-0.3, -0.25) is 14.4 Å². The highest BCUT2D eigenvalue weighted by atomic mass is 16.7. The summed E-state index contributed by atoms with van der Waals surface area (Å²) in [5.41, 5.74) is 0. The van der Waals surface area contributed by atoms with Gasteiger partial charge in [0.15, 0.2) is 24.6 Å². The Morgan fingerprint density at radius 2 is 0.840 bits per heavy atom. The molecular weight excluding hydrogens is 949 g/mol. The SMILES string of the molecule is CC/C=C\C/C=C\C/C=C\CCCCCC(=O)OC(COC(=O)CCCCCCCCCCC/C=C\C/C=C\CCCCC)COC1OC(C(=O)O)C(O)C(O)C1OC(=O)CCCCCCCCCCCCCCC. The first-order chi connectivity index (χ1) is 36.6. The molecule has 12 nitrogen and oxygen atoms in total. The minimum Gasteiger partial charge on any atom is -0.479 e. The first kappa shape index (κ1) is 69.4. The van der Waals surface area contributed by atoms with Crippen LogP contribution in [-0.2, 0) is 42.9 Å². The van der Waals surface area contributed by atoms with E-state index in [1.165, 1.54) is 109 Å². The highest BCUT2D eigenvalue weighted by Gasteiger charge is 2.50. The van der Waals surface area contributed by atoms with Crippen molar-refractivity contribution in [2.24, 2.45) is 0 Å². The number of unbranched alkanes of at least 4 members (excludes halogenated alkanes) is 27. The van der Waals surface area contributed by atoms with Crippen LogP contribution in [0.1, 0.15) is 265 Å². The number of hydrogen-bond donors (Lipinski definition) is 3. The third-order valence-corrected chi connectivity index (χ3v) is 13.6. The van der Waals surface area contributed by atoms with Crippen LogP contribution in [0, 0.1) is 0 Å². The molecule has 3 N–H and O–H groups in total. The Kier molecular flexibility index (Phi) is 47.4. The van der Waals surface area contributed by atoms with Gasteiger partial charge < -0.3 is 39.0 Å². The maximum atomic E-state index is 13.1. The molecule has 0 aromatic heterocycles. The van der Waals surface area contributed by atoms with Crippen LogP contribution < -0.4 is 0 Å². The summed E-state index contributed by atoms with van der Waals surface area (Å²) in [6.07, 6.45) is 50.5. The van der Waals surface area contributed by atoms with Crippen molar-refractivity contribution in [2.45, 2.75) is 302 Å². The van der Waals surface area contributed by atoms with Crippen molar-refractivity contribution in [1.82, 2.24) is 0 Å². The standard InChI is InChI=1S/C63H108O12/c1-4-7-10-13-16-19-22-25-26-27-28-29-30-33-34-37-40-43-46-49-55(64)71-52-54(73-56(65)50-47-44-41-38-35-31-23-20-17-14-11-8-5-2)53-72-63-61(59(68)58(67)60(75-63)62(69)70)74-57(66)51-48-45-42-39-36-32-24-21-18-15-12-9-6-3/h8,11,16-17,19-20,25-26,31,35,54,58-61,63,67-68H,4-7,9-10,12-15,18,21-24,27-30,32-34,36-53H2,1-3H3,(H,69,70)/b11-8-,19-16-,20-17-,26-25-,35-31-. The number of carboxylic acids is 1. The van der Waals surface area contributed by atoms with Gasteiger partial charge in [-0.05, 0) is 83.5 Å². The number of aliphatic hydroxyl groups is 2. The smallest absolute Gasteiger partial charge is 0.335 e. The topological polar surface area (TPSA) is 175 Å². The number of hydrogen-bond acceptors (Lipinski definition) is 11. The number of esters is 3. The predicted molar refractivity (Wildman–Crippen MR) is 303 cm³/mol. The summed E-state index contributed by atoms with van der Waals surface area (Å²) in [7, 11) is 0. The summed E-state index contributed by atoms with van der Waals surface area (Å²) in [6.45, 7) is 5.83. The van der Waals surface area contributed by atoms with Crippen LogP contribution in [-0.4, -0.2) is 89.2 Å². The quantitative estimate of drug-likeness (QED) is 0.0228. The molecule has 0 aromatic rings. The molecule has 1 saturated heterocycles. The molecule has 6 atom stereocenters. The van der Waals surface area contributed by atoms with E-state index in [9.17, 15) is 34.5 Å². The summed E-state index contributed by atoms with van der Waals surface area (Å²) in [4.78, 5) is 51.1. The zero-order valence-corrected chi connectivity index (χ0v) is 47.5. The summed E-state index contributed by atoms with van der Waals surface area (Å²) in [5.74, 6) is -3.15. The maximum absolute atomic E-state index is 13.1. The predicted octanol–water partition coefficient (Wildman–Crippen LogP) is 15.6. The Morgan fingerprint density at radius 3 is 1.32 bits per heavy atom. The van der Waals surface area contributed by atoms with Gasteiger partial charge in [0.05, 0.1) is 6.61 Å². The molecule has 0 aliphatic carbocycles. The van der Waals surface area contributed by atoms with Gasteiger partial charge in [-0.15, -0.1) is 0 Å². The summed E-state index contributed by atoms with van der Waals surface area (Å²) >= 11 is 0. The molecule has 6 unspecified atom stereocenters. The van der Waals surface area contributed by atoms with Gasteiger partial charge >= 0.3 is 23.9 Å². The van der Waals surface area contributed by atoms with Crippen LogP contribution in [0.2, 0.25) is 0 Å². The number of carbonyl (C=O) groups is 4. The Bertz CT molecular complexity index is 1540. The van der Waals surface area contributed by atoms with Gasteiger partial charge in [-0.2, -0.15) is 0 Å². The lowest BCUT2D eigenvalue weighted by atomic mass is 9.98. The zero-order chi connectivity index (χ0) is 54.7. The number of carbonyl (C=O) groups excluding carboxylic acids is 3.